The molecule has 0 bridgehead atoms. The Morgan fingerprint density at radius 3 is 2.21 bits per heavy atom. The van der Waals surface area contributed by atoms with Crippen molar-refractivity contribution in [2.45, 2.75) is 45.1 Å². The molecule has 1 heterocycles. The van der Waals surface area contributed by atoms with Crippen molar-refractivity contribution in [3.63, 3.8) is 0 Å². The minimum atomic E-state index is -0.0565. The number of amides is 1. The molecular formula is C31H44N8O3. The Labute approximate surface area is 248 Å². The minimum absolute atomic E-state index is 0.0565. The molecule has 11 nitrogen and oxygen atoms in total. The second-order valence-corrected chi connectivity index (χ2v) is 10.4. The van der Waals surface area contributed by atoms with Crippen LogP contribution in [0.1, 0.15) is 43.2 Å². The third-order valence-corrected chi connectivity index (χ3v) is 6.98. The molecule has 11 heteroatoms. The summed E-state index contributed by atoms with van der Waals surface area (Å²) in [6.07, 6.45) is 6.68. The second kappa shape index (κ2) is 17.9. The predicted molar refractivity (Wildman–Crippen MR) is 166 cm³/mol. The molecule has 0 saturated heterocycles. The third-order valence-electron chi connectivity index (χ3n) is 6.98. The molecule has 42 heavy (non-hydrogen) atoms. The molecule has 0 unspecified atom stereocenters. The first-order valence-corrected chi connectivity index (χ1v) is 14.9. The maximum atomic E-state index is 12.3. The normalized spacial score (nSPS) is 13.5. The molecule has 6 N–H and O–H groups in total. The number of hydrogen-bond donors (Lipinski definition) is 5. The maximum absolute atomic E-state index is 12.3. The Morgan fingerprint density at radius 2 is 1.48 bits per heavy atom. The minimum Gasteiger partial charge on any atom is -0.378 e. The molecule has 0 aliphatic heterocycles. The summed E-state index contributed by atoms with van der Waals surface area (Å²) in [5.74, 6) is 2.09. The van der Waals surface area contributed by atoms with E-state index in [1.807, 2.05) is 42.5 Å². The van der Waals surface area contributed by atoms with Crippen molar-refractivity contribution in [3.05, 3.63) is 65.7 Å². The second-order valence-electron chi connectivity index (χ2n) is 10.4. The van der Waals surface area contributed by atoms with Crippen LogP contribution in [0.15, 0.2) is 54.6 Å². The fraction of sp³-hybridized carbons (Fsp3) is 0.484. The Bertz CT molecular complexity index is 1190. The van der Waals surface area contributed by atoms with Gasteiger partial charge in [0.2, 0.25) is 23.8 Å². The summed E-state index contributed by atoms with van der Waals surface area (Å²) < 4.78 is 10.7. The van der Waals surface area contributed by atoms with Crippen molar-refractivity contribution >= 4 is 29.4 Å². The summed E-state index contributed by atoms with van der Waals surface area (Å²) in [6.45, 7) is 4.35. The number of carbonyl (C=O) groups excluding carboxylic acids is 1. The lowest BCUT2D eigenvalue weighted by Gasteiger charge is -2.21. The number of hydrogen-bond acceptors (Lipinski definition) is 10. The standard InChI is InChI=1S/C31H44N8O3/c32-15-17-41-19-20-42-18-16-33-28(40)21-24-11-13-27(14-12-24)36-31-38-29(34-22-25-7-3-1-4-8-25)37-30(39-31)35-23-26-9-5-2-6-10-26/h1,3-4,7-8,11-14,26H,2,5-6,9-10,15-23,32H2,(H,33,40)(H3,34,35,36,37,38,39). The van der Waals surface area contributed by atoms with E-state index in [-0.39, 0.29) is 12.3 Å². The number of nitrogens with two attached hydrogens (primary N) is 1. The zero-order valence-electron chi connectivity index (χ0n) is 24.3. The van der Waals surface area contributed by atoms with Gasteiger partial charge in [-0.05, 0) is 42.0 Å². The van der Waals surface area contributed by atoms with Gasteiger partial charge in [-0.3, -0.25) is 4.79 Å². The molecule has 0 radical (unpaired) electrons. The van der Waals surface area contributed by atoms with Crippen molar-refractivity contribution in [3.8, 4) is 0 Å². The van der Waals surface area contributed by atoms with E-state index in [9.17, 15) is 4.79 Å². The van der Waals surface area contributed by atoms with E-state index in [0.717, 1.165) is 23.4 Å². The number of nitrogens with zero attached hydrogens (tertiary/aromatic N) is 3. The van der Waals surface area contributed by atoms with Crippen LogP contribution in [0.5, 0.6) is 0 Å². The summed E-state index contributed by atoms with van der Waals surface area (Å²) in [7, 11) is 0. The van der Waals surface area contributed by atoms with Crippen LogP contribution >= 0.6 is 0 Å². The van der Waals surface area contributed by atoms with E-state index in [4.69, 9.17) is 15.2 Å². The number of benzene rings is 2. The number of nitrogens with one attached hydrogen (secondary N) is 4. The lowest BCUT2D eigenvalue weighted by molar-refractivity contribution is -0.120. The Kier molecular flexibility index (Phi) is 13.3. The fourth-order valence-corrected chi connectivity index (χ4v) is 4.74. The topological polar surface area (TPSA) is 148 Å². The molecule has 226 valence electrons. The van der Waals surface area contributed by atoms with Gasteiger partial charge in [0.1, 0.15) is 0 Å². The molecule has 1 aliphatic carbocycles. The lowest BCUT2D eigenvalue weighted by atomic mass is 9.89. The van der Waals surface area contributed by atoms with Gasteiger partial charge in [-0.1, -0.05) is 61.7 Å². The Morgan fingerprint density at radius 1 is 0.786 bits per heavy atom. The molecule has 1 aromatic heterocycles. The summed E-state index contributed by atoms with van der Waals surface area (Å²) >= 11 is 0. The number of anilines is 4. The van der Waals surface area contributed by atoms with Crippen LogP contribution in [0.2, 0.25) is 0 Å². The van der Waals surface area contributed by atoms with Gasteiger partial charge >= 0.3 is 0 Å². The number of aromatic nitrogens is 3. The number of carbonyl (C=O) groups is 1. The van der Waals surface area contributed by atoms with Gasteiger partial charge in [0.05, 0.1) is 32.8 Å². The van der Waals surface area contributed by atoms with Gasteiger partial charge in [-0.25, -0.2) is 0 Å². The van der Waals surface area contributed by atoms with Gasteiger partial charge in [-0.2, -0.15) is 15.0 Å². The van der Waals surface area contributed by atoms with Crippen LogP contribution in [0.3, 0.4) is 0 Å². The van der Waals surface area contributed by atoms with Crippen molar-refractivity contribution in [2.75, 3.05) is 62.0 Å². The highest BCUT2D eigenvalue weighted by Gasteiger charge is 2.15. The molecule has 0 atom stereocenters. The first-order chi connectivity index (χ1) is 20.7. The van der Waals surface area contributed by atoms with E-state index < -0.39 is 0 Å². The molecular weight excluding hydrogens is 532 g/mol. The summed E-state index contributed by atoms with van der Waals surface area (Å²) in [4.78, 5) is 26.2. The SMILES string of the molecule is NCCOCCOCCNC(=O)Cc1ccc(Nc2nc(NCc3ccccc3)nc(NCC3CCCCC3)n2)cc1. The molecule has 1 amide bonds. The van der Waals surface area contributed by atoms with Gasteiger partial charge < -0.3 is 36.5 Å². The Balaban J connectivity index is 1.29. The molecule has 1 saturated carbocycles. The largest absolute Gasteiger partial charge is 0.378 e. The van der Waals surface area contributed by atoms with Crippen molar-refractivity contribution in [1.29, 1.82) is 0 Å². The lowest BCUT2D eigenvalue weighted by Crippen LogP contribution is -2.29. The van der Waals surface area contributed by atoms with Gasteiger partial charge in [0.25, 0.3) is 0 Å². The third kappa shape index (κ3) is 11.6. The maximum Gasteiger partial charge on any atom is 0.233 e. The van der Waals surface area contributed by atoms with E-state index in [1.165, 1.54) is 32.1 Å². The average molecular weight is 577 g/mol. The van der Waals surface area contributed by atoms with Crippen molar-refractivity contribution < 1.29 is 14.3 Å². The van der Waals surface area contributed by atoms with Crippen LogP contribution in [0, 0.1) is 5.92 Å². The van der Waals surface area contributed by atoms with Gasteiger partial charge in [-0.15, -0.1) is 0 Å². The zero-order chi connectivity index (χ0) is 29.2. The molecule has 4 rings (SSSR count). The van der Waals surface area contributed by atoms with E-state index in [0.29, 0.717) is 69.8 Å². The number of rotatable bonds is 18. The highest BCUT2D eigenvalue weighted by molar-refractivity contribution is 5.78. The highest BCUT2D eigenvalue weighted by atomic mass is 16.5. The van der Waals surface area contributed by atoms with Crippen molar-refractivity contribution in [1.82, 2.24) is 20.3 Å². The molecule has 3 aromatic rings. The smallest absolute Gasteiger partial charge is 0.233 e. The quantitative estimate of drug-likeness (QED) is 0.141. The highest BCUT2D eigenvalue weighted by Crippen LogP contribution is 2.24. The zero-order valence-corrected chi connectivity index (χ0v) is 24.3. The predicted octanol–water partition coefficient (Wildman–Crippen LogP) is 3.87. The van der Waals surface area contributed by atoms with Crippen LogP contribution in [-0.2, 0) is 27.2 Å². The van der Waals surface area contributed by atoms with Gasteiger partial charge in [0.15, 0.2) is 0 Å². The summed E-state index contributed by atoms with van der Waals surface area (Å²) in [5, 5.41) is 12.9. The molecule has 1 fully saturated rings. The van der Waals surface area contributed by atoms with E-state index in [2.05, 4.69) is 48.4 Å². The van der Waals surface area contributed by atoms with Gasteiger partial charge in [0, 0.05) is 31.9 Å². The van der Waals surface area contributed by atoms with Crippen LogP contribution in [0.4, 0.5) is 23.5 Å². The average Bonchev–Trinajstić information content (AvgIpc) is 3.02. The molecule has 2 aromatic carbocycles. The summed E-state index contributed by atoms with van der Waals surface area (Å²) in [6, 6.07) is 17.8. The van der Waals surface area contributed by atoms with Crippen molar-refractivity contribution in [2.24, 2.45) is 11.7 Å². The van der Waals surface area contributed by atoms with E-state index in [1.54, 1.807) is 0 Å². The first kappa shape index (κ1) is 31.1. The molecule has 0 spiro atoms. The fourth-order valence-electron chi connectivity index (χ4n) is 4.74. The Hall–Kier alpha value is -3.80. The van der Waals surface area contributed by atoms with Crippen LogP contribution < -0.4 is 27.0 Å². The number of ether oxygens (including phenoxy) is 2. The van der Waals surface area contributed by atoms with Crippen LogP contribution in [-0.4, -0.2) is 66.9 Å². The van der Waals surface area contributed by atoms with Crippen LogP contribution in [0.25, 0.3) is 0 Å². The monoisotopic (exact) mass is 576 g/mol. The molecule has 1 aliphatic rings. The first-order valence-electron chi connectivity index (χ1n) is 14.9. The van der Waals surface area contributed by atoms with E-state index >= 15 is 0 Å². The summed E-state index contributed by atoms with van der Waals surface area (Å²) in [5.41, 5.74) is 8.24.